The number of terminal acetylenes is 1. The molecule has 0 fully saturated rings. The molecule has 0 N–H and O–H groups in total. The maximum absolute atomic E-state index is 11.8. The summed E-state index contributed by atoms with van der Waals surface area (Å²) in [6.45, 7) is 0.327. The Morgan fingerprint density at radius 2 is 1.91 bits per heavy atom. The monoisotopic (exact) mass is 374 g/mol. The van der Waals surface area contributed by atoms with E-state index < -0.39 is 5.97 Å². The van der Waals surface area contributed by atoms with Crippen LogP contribution in [0.4, 0.5) is 0 Å². The fourth-order valence-corrected chi connectivity index (χ4v) is 2.11. The Morgan fingerprint density at radius 3 is 2.57 bits per heavy atom. The van der Waals surface area contributed by atoms with Gasteiger partial charge in [-0.05, 0) is 35.9 Å². The molecule has 2 aromatic carbocycles. The van der Waals surface area contributed by atoms with E-state index in [1.54, 1.807) is 18.2 Å². The summed E-state index contributed by atoms with van der Waals surface area (Å²) in [5.74, 6) is 2.75. The number of rotatable bonds is 6. The number of halogens is 1. The van der Waals surface area contributed by atoms with Crippen LogP contribution in [-0.2, 0) is 11.3 Å². The minimum absolute atomic E-state index is 0.0665. The van der Waals surface area contributed by atoms with E-state index in [4.69, 9.17) is 20.6 Å². The van der Waals surface area contributed by atoms with Crippen LogP contribution in [0, 0.1) is 12.3 Å². The maximum atomic E-state index is 11.8. The summed E-state index contributed by atoms with van der Waals surface area (Å²) >= 11 is 3.39. The minimum atomic E-state index is -0.499. The van der Waals surface area contributed by atoms with Crippen molar-refractivity contribution in [3.63, 3.8) is 0 Å². The van der Waals surface area contributed by atoms with Crippen LogP contribution in [0.15, 0.2) is 46.9 Å². The predicted molar refractivity (Wildman–Crippen MR) is 90.6 cm³/mol. The van der Waals surface area contributed by atoms with Crippen molar-refractivity contribution >= 4 is 21.9 Å². The Labute approximate surface area is 143 Å². The molecule has 0 aliphatic carbocycles. The van der Waals surface area contributed by atoms with Gasteiger partial charge in [0.1, 0.15) is 6.61 Å². The van der Waals surface area contributed by atoms with Gasteiger partial charge >= 0.3 is 5.97 Å². The van der Waals surface area contributed by atoms with Crippen LogP contribution in [0.25, 0.3) is 0 Å². The predicted octanol–water partition coefficient (Wildman–Crippen LogP) is 3.83. The Kier molecular flexibility index (Phi) is 6.07. The van der Waals surface area contributed by atoms with E-state index in [1.807, 2.05) is 24.3 Å². The molecule has 23 heavy (non-hydrogen) atoms. The highest BCUT2D eigenvalue weighted by Gasteiger charge is 2.12. The zero-order chi connectivity index (χ0) is 16.7. The second-order valence-corrected chi connectivity index (χ2v) is 5.48. The van der Waals surface area contributed by atoms with Gasteiger partial charge in [0, 0.05) is 4.47 Å². The summed E-state index contributed by atoms with van der Waals surface area (Å²) < 4.78 is 16.9. The molecule has 2 rings (SSSR count). The fourth-order valence-electron chi connectivity index (χ4n) is 1.85. The van der Waals surface area contributed by atoms with Crippen LogP contribution in [0.1, 0.15) is 15.9 Å². The van der Waals surface area contributed by atoms with Crippen molar-refractivity contribution in [2.45, 2.75) is 6.61 Å². The molecule has 2 aromatic rings. The van der Waals surface area contributed by atoms with Crippen molar-refractivity contribution in [3.8, 4) is 23.8 Å². The zero-order valence-corrected chi connectivity index (χ0v) is 14.1. The summed E-state index contributed by atoms with van der Waals surface area (Å²) in [6.07, 6.45) is 5.06. The maximum Gasteiger partial charge on any atom is 0.339 e. The molecular weight excluding hydrogens is 360 g/mol. The topological polar surface area (TPSA) is 44.8 Å². The second kappa shape index (κ2) is 8.25. The number of hydrogen-bond donors (Lipinski definition) is 0. The highest BCUT2D eigenvalue weighted by molar-refractivity contribution is 9.10. The molecule has 0 aliphatic rings. The molecule has 0 atom stereocenters. The first kappa shape index (κ1) is 16.9. The van der Waals surface area contributed by atoms with Crippen LogP contribution in [0.5, 0.6) is 11.5 Å². The van der Waals surface area contributed by atoms with Crippen molar-refractivity contribution in [2.24, 2.45) is 0 Å². The summed E-state index contributed by atoms with van der Waals surface area (Å²) in [7, 11) is 1.51. The Bertz CT molecular complexity index is 717. The van der Waals surface area contributed by atoms with Gasteiger partial charge in [-0.2, -0.15) is 0 Å². The zero-order valence-electron chi connectivity index (χ0n) is 12.5. The molecule has 0 unspecified atom stereocenters. The third-order valence-corrected chi connectivity index (χ3v) is 3.52. The molecule has 0 saturated heterocycles. The van der Waals surface area contributed by atoms with Crippen LogP contribution < -0.4 is 9.47 Å². The van der Waals surface area contributed by atoms with Gasteiger partial charge in [0.25, 0.3) is 0 Å². The molecule has 0 amide bonds. The van der Waals surface area contributed by atoms with E-state index in [0.29, 0.717) is 23.7 Å². The quantitative estimate of drug-likeness (QED) is 0.569. The number of esters is 1. The van der Waals surface area contributed by atoms with Crippen molar-refractivity contribution < 1.29 is 19.0 Å². The number of carbonyl (C=O) groups excluding carboxylic acids is 1. The van der Waals surface area contributed by atoms with Gasteiger partial charge in [-0.1, -0.05) is 34.0 Å². The van der Waals surface area contributed by atoms with Crippen LogP contribution >= 0.6 is 15.9 Å². The largest absolute Gasteiger partial charge is 0.493 e. The van der Waals surface area contributed by atoms with Gasteiger partial charge < -0.3 is 14.2 Å². The van der Waals surface area contributed by atoms with Crippen LogP contribution in [-0.4, -0.2) is 19.7 Å². The van der Waals surface area contributed by atoms with E-state index in [1.165, 1.54) is 7.11 Å². The highest BCUT2D eigenvalue weighted by atomic mass is 79.9. The molecule has 4 nitrogen and oxygen atoms in total. The summed E-state index contributed by atoms with van der Waals surface area (Å²) in [5, 5.41) is 0. The van der Waals surface area contributed by atoms with Crippen molar-refractivity contribution in [3.05, 3.63) is 58.1 Å². The molecule has 5 heteroatoms. The van der Waals surface area contributed by atoms with Gasteiger partial charge in [0.2, 0.25) is 0 Å². The molecule has 0 aliphatic heterocycles. The Morgan fingerprint density at radius 1 is 1.17 bits per heavy atom. The molecule has 0 radical (unpaired) electrons. The third-order valence-electron chi connectivity index (χ3n) is 2.99. The lowest BCUT2D eigenvalue weighted by atomic mass is 10.2. The average molecular weight is 375 g/mol. The number of methoxy groups -OCH3 is 1. The molecule has 0 bridgehead atoms. The van der Waals surface area contributed by atoms with Gasteiger partial charge in [0.05, 0.1) is 12.7 Å². The number of ether oxygens (including phenoxy) is 3. The summed E-state index contributed by atoms with van der Waals surface area (Å²) in [5.41, 5.74) is 1.38. The Balaban J connectivity index is 2.08. The lowest BCUT2D eigenvalue weighted by Crippen LogP contribution is -2.06. The fraction of sp³-hybridized carbons (Fsp3) is 0.167. The van der Waals surface area contributed by atoms with Crippen LogP contribution in [0.3, 0.4) is 0 Å². The van der Waals surface area contributed by atoms with Crippen LogP contribution in [0.2, 0.25) is 0 Å². The molecule has 0 spiro atoms. The first-order valence-corrected chi connectivity index (χ1v) is 7.59. The second-order valence-electron chi connectivity index (χ2n) is 4.56. The molecule has 118 valence electrons. The SMILES string of the molecule is C#CCOC(=O)c1ccc(OCc2ccc(Br)cc2)c(OC)c1. The number of carbonyl (C=O) groups is 1. The summed E-state index contributed by atoms with van der Waals surface area (Å²) in [4.78, 5) is 11.8. The first-order chi connectivity index (χ1) is 11.1. The lowest BCUT2D eigenvalue weighted by Gasteiger charge is -2.12. The van der Waals surface area contributed by atoms with E-state index in [-0.39, 0.29) is 6.61 Å². The van der Waals surface area contributed by atoms with Gasteiger partial charge in [-0.15, -0.1) is 6.42 Å². The number of benzene rings is 2. The van der Waals surface area contributed by atoms with Crippen molar-refractivity contribution in [1.82, 2.24) is 0 Å². The van der Waals surface area contributed by atoms with Crippen molar-refractivity contribution in [2.75, 3.05) is 13.7 Å². The van der Waals surface area contributed by atoms with Gasteiger partial charge in [-0.3, -0.25) is 0 Å². The smallest absolute Gasteiger partial charge is 0.339 e. The molecular formula is C18H15BrO4. The van der Waals surface area contributed by atoms with Gasteiger partial charge in [-0.25, -0.2) is 4.79 Å². The molecule has 0 saturated carbocycles. The Hall–Kier alpha value is -2.45. The minimum Gasteiger partial charge on any atom is -0.493 e. The normalized spacial score (nSPS) is 9.78. The van der Waals surface area contributed by atoms with Gasteiger partial charge in [0.15, 0.2) is 18.1 Å². The summed E-state index contributed by atoms with van der Waals surface area (Å²) in [6, 6.07) is 12.7. The van der Waals surface area contributed by atoms with E-state index in [2.05, 4.69) is 21.9 Å². The average Bonchev–Trinajstić information content (AvgIpc) is 2.59. The van der Waals surface area contributed by atoms with E-state index in [0.717, 1.165) is 10.0 Å². The standard InChI is InChI=1S/C18H15BrO4/c1-3-10-22-18(20)14-6-9-16(17(11-14)21-2)23-12-13-4-7-15(19)8-5-13/h1,4-9,11H,10,12H2,2H3. The lowest BCUT2D eigenvalue weighted by molar-refractivity contribution is 0.0556. The van der Waals surface area contributed by atoms with Crippen molar-refractivity contribution in [1.29, 1.82) is 0 Å². The first-order valence-electron chi connectivity index (χ1n) is 6.80. The third kappa shape index (κ3) is 4.76. The van der Waals surface area contributed by atoms with E-state index >= 15 is 0 Å². The number of hydrogen-bond acceptors (Lipinski definition) is 4. The van der Waals surface area contributed by atoms with E-state index in [9.17, 15) is 4.79 Å². The molecule has 0 heterocycles. The highest BCUT2D eigenvalue weighted by Crippen LogP contribution is 2.29. The molecule has 0 aromatic heterocycles.